The van der Waals surface area contributed by atoms with Crippen LogP contribution in [0.4, 0.5) is 0 Å². The summed E-state index contributed by atoms with van der Waals surface area (Å²) in [4.78, 5) is 12.8. The van der Waals surface area contributed by atoms with E-state index in [0.29, 0.717) is 5.92 Å². The predicted octanol–water partition coefficient (Wildman–Crippen LogP) is 4.65. The van der Waals surface area contributed by atoms with E-state index in [1.54, 1.807) is 20.3 Å². The minimum Gasteiger partial charge on any atom is -0.497 e. The Balaban J connectivity index is 1.46. The summed E-state index contributed by atoms with van der Waals surface area (Å²) in [5, 5.41) is 0. The van der Waals surface area contributed by atoms with Crippen molar-refractivity contribution in [1.82, 2.24) is 0 Å². The van der Waals surface area contributed by atoms with Crippen LogP contribution in [0.1, 0.15) is 52.5 Å². The Morgan fingerprint density at radius 1 is 1.21 bits per heavy atom. The summed E-state index contributed by atoms with van der Waals surface area (Å²) in [5.41, 5.74) is 0.363. The predicted molar refractivity (Wildman–Crippen MR) is 126 cm³/mol. The van der Waals surface area contributed by atoms with Crippen LogP contribution in [0.15, 0.2) is 30.3 Å². The third-order valence-corrected chi connectivity index (χ3v) is 7.62. The number of ether oxygens (including phenoxy) is 5. The van der Waals surface area contributed by atoms with E-state index < -0.39 is 0 Å². The molecule has 1 spiro atoms. The van der Waals surface area contributed by atoms with Gasteiger partial charge in [-0.05, 0) is 61.8 Å². The standard InChI is InChI=1S/C27H38O6/c1-17(2)7-13-21-26(4,33-21)25-24(30-6)23(18(3)15-27(25)16-31-27)32-22(28)14-10-19-8-11-20(29-5)12-9-19/h8-12,14,17-18,21,23-25H,7,13,15-16H2,1-6H3/t18-,21-,23-,24-,25-,26+,27+/m1/s1. The molecule has 3 fully saturated rings. The molecule has 0 N–H and O–H groups in total. The van der Waals surface area contributed by atoms with Gasteiger partial charge in [0.05, 0.1) is 25.7 Å². The van der Waals surface area contributed by atoms with Crippen molar-refractivity contribution in [2.45, 2.75) is 76.5 Å². The van der Waals surface area contributed by atoms with Gasteiger partial charge >= 0.3 is 5.97 Å². The van der Waals surface area contributed by atoms with Gasteiger partial charge in [0.15, 0.2) is 0 Å². The van der Waals surface area contributed by atoms with E-state index in [-0.39, 0.29) is 47.3 Å². The molecule has 4 rings (SSSR count). The molecule has 0 radical (unpaired) electrons. The van der Waals surface area contributed by atoms with Crippen molar-refractivity contribution >= 4 is 12.0 Å². The van der Waals surface area contributed by atoms with Crippen LogP contribution >= 0.6 is 0 Å². The normalized spacial score (nSPS) is 37.5. The number of benzene rings is 1. The average Bonchev–Trinajstić information content (AvgIpc) is 3.70. The summed E-state index contributed by atoms with van der Waals surface area (Å²) in [5.74, 6) is 1.21. The second-order valence-electron chi connectivity index (χ2n) is 10.5. The second-order valence-corrected chi connectivity index (χ2v) is 10.5. The summed E-state index contributed by atoms with van der Waals surface area (Å²) < 4.78 is 29.5. The minimum atomic E-state index is -0.366. The van der Waals surface area contributed by atoms with Crippen LogP contribution in [0.3, 0.4) is 0 Å². The maximum atomic E-state index is 12.8. The highest BCUT2D eigenvalue weighted by molar-refractivity contribution is 5.87. The van der Waals surface area contributed by atoms with Gasteiger partial charge in [0, 0.05) is 13.2 Å². The van der Waals surface area contributed by atoms with Gasteiger partial charge in [-0.15, -0.1) is 0 Å². The molecule has 3 aliphatic rings. The van der Waals surface area contributed by atoms with E-state index in [0.717, 1.165) is 37.2 Å². The van der Waals surface area contributed by atoms with Crippen molar-refractivity contribution in [2.75, 3.05) is 20.8 Å². The Morgan fingerprint density at radius 2 is 1.91 bits per heavy atom. The molecule has 0 unspecified atom stereocenters. The molecule has 33 heavy (non-hydrogen) atoms. The van der Waals surface area contributed by atoms with Gasteiger partial charge in [-0.3, -0.25) is 0 Å². The first-order chi connectivity index (χ1) is 15.7. The van der Waals surface area contributed by atoms with Gasteiger partial charge in [0.25, 0.3) is 0 Å². The second kappa shape index (κ2) is 9.40. The first-order valence-corrected chi connectivity index (χ1v) is 12.1. The Bertz CT molecular complexity index is 858. The number of carbonyl (C=O) groups excluding carboxylic acids is 1. The number of esters is 1. The van der Waals surface area contributed by atoms with E-state index in [4.69, 9.17) is 23.7 Å². The fourth-order valence-electron chi connectivity index (χ4n) is 5.72. The van der Waals surface area contributed by atoms with Crippen LogP contribution < -0.4 is 4.74 Å². The van der Waals surface area contributed by atoms with Gasteiger partial charge in [-0.25, -0.2) is 4.79 Å². The summed E-state index contributed by atoms with van der Waals surface area (Å²) in [6.45, 7) is 9.48. The maximum Gasteiger partial charge on any atom is 0.331 e. The number of epoxide rings is 2. The zero-order valence-electron chi connectivity index (χ0n) is 20.7. The van der Waals surface area contributed by atoms with E-state index >= 15 is 0 Å². The Labute approximate surface area is 197 Å². The molecule has 6 heteroatoms. The highest BCUT2D eigenvalue weighted by Crippen LogP contribution is 2.60. The van der Waals surface area contributed by atoms with Crippen LogP contribution in [0.5, 0.6) is 5.75 Å². The smallest absolute Gasteiger partial charge is 0.331 e. The Hall–Kier alpha value is -1.89. The van der Waals surface area contributed by atoms with Crippen molar-refractivity contribution in [3.63, 3.8) is 0 Å². The Kier molecular flexibility index (Phi) is 6.90. The molecule has 6 nitrogen and oxygen atoms in total. The molecule has 1 aromatic carbocycles. The zero-order chi connectivity index (χ0) is 23.8. The van der Waals surface area contributed by atoms with Gasteiger partial charge in [-0.1, -0.05) is 32.9 Å². The number of methoxy groups -OCH3 is 2. The average molecular weight is 459 g/mol. The van der Waals surface area contributed by atoms with Gasteiger partial charge < -0.3 is 23.7 Å². The highest BCUT2D eigenvalue weighted by atomic mass is 16.6. The maximum absolute atomic E-state index is 12.8. The SMILES string of the molecule is COc1ccc(C=CC(=O)O[C@H]2[C@@H](OC)[C@H]([C@@]3(C)O[C@@H]3CCC(C)C)[C@@]3(CO3)C[C@H]2C)cc1. The lowest BCUT2D eigenvalue weighted by Crippen LogP contribution is -2.58. The van der Waals surface area contributed by atoms with Gasteiger partial charge in [-0.2, -0.15) is 0 Å². The lowest BCUT2D eigenvalue weighted by molar-refractivity contribution is -0.176. The molecule has 7 atom stereocenters. The molecular formula is C27H38O6. The molecule has 0 bridgehead atoms. The van der Waals surface area contributed by atoms with Crippen LogP contribution in [-0.2, 0) is 23.7 Å². The van der Waals surface area contributed by atoms with Gasteiger partial charge in [0.2, 0.25) is 0 Å². The molecule has 2 aliphatic heterocycles. The number of hydrogen-bond acceptors (Lipinski definition) is 6. The molecule has 2 heterocycles. The molecule has 182 valence electrons. The van der Waals surface area contributed by atoms with Crippen molar-refractivity contribution in [2.24, 2.45) is 17.8 Å². The van der Waals surface area contributed by atoms with Crippen molar-refractivity contribution < 1.29 is 28.5 Å². The molecule has 1 saturated carbocycles. The summed E-state index contributed by atoms with van der Waals surface area (Å²) in [6, 6.07) is 7.52. The summed E-state index contributed by atoms with van der Waals surface area (Å²) in [7, 11) is 3.33. The molecule has 0 aromatic heterocycles. The highest BCUT2D eigenvalue weighted by Gasteiger charge is 2.73. The van der Waals surface area contributed by atoms with Gasteiger partial charge in [0.1, 0.15) is 29.2 Å². The quantitative estimate of drug-likeness (QED) is 0.305. The first-order valence-electron chi connectivity index (χ1n) is 12.1. The van der Waals surface area contributed by atoms with Crippen LogP contribution in [0.25, 0.3) is 6.08 Å². The van der Waals surface area contributed by atoms with Crippen LogP contribution in [0.2, 0.25) is 0 Å². The topological polar surface area (TPSA) is 69.8 Å². The molecule has 0 amide bonds. The summed E-state index contributed by atoms with van der Waals surface area (Å²) >= 11 is 0. The summed E-state index contributed by atoms with van der Waals surface area (Å²) in [6.07, 6.45) is 5.81. The third-order valence-electron chi connectivity index (χ3n) is 7.62. The Morgan fingerprint density at radius 3 is 2.48 bits per heavy atom. The van der Waals surface area contributed by atoms with E-state index in [9.17, 15) is 4.79 Å². The van der Waals surface area contributed by atoms with E-state index in [2.05, 4.69) is 27.7 Å². The van der Waals surface area contributed by atoms with E-state index in [1.165, 1.54) is 6.08 Å². The third kappa shape index (κ3) is 4.98. The van der Waals surface area contributed by atoms with Crippen LogP contribution in [0, 0.1) is 17.8 Å². The fourth-order valence-corrected chi connectivity index (χ4v) is 5.72. The minimum absolute atomic E-state index is 0.0340. The molecule has 1 aromatic rings. The monoisotopic (exact) mass is 458 g/mol. The number of carbonyl (C=O) groups is 1. The van der Waals surface area contributed by atoms with Crippen molar-refractivity contribution in [3.8, 4) is 5.75 Å². The van der Waals surface area contributed by atoms with Crippen molar-refractivity contribution in [1.29, 1.82) is 0 Å². The molecular weight excluding hydrogens is 420 g/mol. The van der Waals surface area contributed by atoms with Crippen molar-refractivity contribution in [3.05, 3.63) is 35.9 Å². The fraction of sp³-hybridized carbons (Fsp3) is 0.667. The lowest BCUT2D eigenvalue weighted by atomic mass is 9.65. The van der Waals surface area contributed by atoms with Crippen LogP contribution in [-0.4, -0.2) is 56.3 Å². The van der Waals surface area contributed by atoms with E-state index in [1.807, 2.05) is 24.3 Å². The number of hydrogen-bond donors (Lipinski definition) is 0. The molecule has 1 aliphatic carbocycles. The number of rotatable bonds is 9. The zero-order valence-corrected chi connectivity index (χ0v) is 20.7. The molecule has 2 saturated heterocycles. The lowest BCUT2D eigenvalue weighted by Gasteiger charge is -2.45. The largest absolute Gasteiger partial charge is 0.497 e. The first kappa shape index (κ1) is 24.2.